The molecule has 0 spiro atoms. The minimum Gasteiger partial charge on any atom is -0.347 e. The maximum absolute atomic E-state index is 12.0. The van der Waals surface area contributed by atoms with Crippen LogP contribution in [0.2, 0.25) is 0 Å². The third-order valence-corrected chi connectivity index (χ3v) is 5.14. The van der Waals surface area contributed by atoms with Crippen LogP contribution in [0, 0.1) is 5.92 Å². The Labute approximate surface area is 149 Å². The molecule has 3 aromatic rings. The van der Waals surface area contributed by atoms with Crippen LogP contribution in [0.15, 0.2) is 48.5 Å². The summed E-state index contributed by atoms with van der Waals surface area (Å²) in [5, 5.41) is 6.41. The summed E-state index contributed by atoms with van der Waals surface area (Å²) in [6, 6.07) is 15.6. The summed E-state index contributed by atoms with van der Waals surface area (Å²) in [5.74, 6) is -0.149. The third-order valence-electron chi connectivity index (χ3n) is 4.06. The topological polar surface area (TPSA) is 71.1 Å². The average molecular weight is 351 g/mol. The Bertz CT molecular complexity index is 914. The Morgan fingerprint density at radius 2 is 1.96 bits per heavy atom. The van der Waals surface area contributed by atoms with E-state index in [1.807, 2.05) is 48.5 Å². The predicted octanol–water partition coefficient (Wildman–Crippen LogP) is 3.43. The van der Waals surface area contributed by atoms with E-state index in [0.29, 0.717) is 5.69 Å². The highest BCUT2D eigenvalue weighted by Gasteiger charge is 2.29. The summed E-state index contributed by atoms with van der Waals surface area (Å²) in [4.78, 5) is 28.2. The second-order valence-corrected chi connectivity index (χ2v) is 7.14. The highest BCUT2D eigenvalue weighted by molar-refractivity contribution is 7.21. The molecule has 5 nitrogen and oxygen atoms in total. The van der Waals surface area contributed by atoms with Crippen LogP contribution in [-0.2, 0) is 9.59 Å². The molecule has 2 aromatic carbocycles. The van der Waals surface area contributed by atoms with Crippen LogP contribution < -0.4 is 10.6 Å². The predicted molar refractivity (Wildman–Crippen MR) is 99.4 cm³/mol. The number of rotatable bonds is 5. The van der Waals surface area contributed by atoms with Crippen LogP contribution in [0.25, 0.3) is 20.8 Å². The highest BCUT2D eigenvalue weighted by atomic mass is 32.1. The number of carbonyl (C=O) groups is 2. The molecule has 25 heavy (non-hydrogen) atoms. The van der Waals surface area contributed by atoms with Gasteiger partial charge < -0.3 is 10.6 Å². The van der Waals surface area contributed by atoms with Crippen LogP contribution in [0.4, 0.5) is 5.69 Å². The van der Waals surface area contributed by atoms with Crippen molar-refractivity contribution in [3.63, 3.8) is 0 Å². The van der Waals surface area contributed by atoms with Gasteiger partial charge in [0.2, 0.25) is 11.8 Å². The molecule has 1 aliphatic carbocycles. The van der Waals surface area contributed by atoms with Gasteiger partial charge in [0.05, 0.1) is 16.8 Å². The molecule has 0 radical (unpaired) electrons. The quantitative estimate of drug-likeness (QED) is 0.740. The molecular weight excluding hydrogens is 334 g/mol. The summed E-state index contributed by atoms with van der Waals surface area (Å²) in [6.07, 6.45) is 1.86. The number of hydrogen-bond donors (Lipinski definition) is 2. The summed E-state index contributed by atoms with van der Waals surface area (Å²) >= 11 is 1.62. The van der Waals surface area contributed by atoms with Crippen molar-refractivity contribution in [3.05, 3.63) is 48.5 Å². The second kappa shape index (κ2) is 6.64. The molecule has 0 saturated heterocycles. The van der Waals surface area contributed by atoms with Crippen molar-refractivity contribution in [1.29, 1.82) is 0 Å². The molecule has 6 heteroatoms. The highest BCUT2D eigenvalue weighted by Crippen LogP contribution is 2.31. The van der Waals surface area contributed by atoms with E-state index in [4.69, 9.17) is 0 Å². The van der Waals surface area contributed by atoms with Gasteiger partial charge in [-0.2, -0.15) is 0 Å². The molecule has 4 rings (SSSR count). The lowest BCUT2D eigenvalue weighted by molar-refractivity contribution is -0.125. The van der Waals surface area contributed by atoms with Gasteiger partial charge in [-0.25, -0.2) is 4.98 Å². The van der Waals surface area contributed by atoms with E-state index in [-0.39, 0.29) is 24.3 Å². The number of aromatic nitrogens is 1. The zero-order valence-corrected chi connectivity index (χ0v) is 14.3. The molecule has 1 saturated carbocycles. The van der Waals surface area contributed by atoms with Crippen LogP contribution in [0.5, 0.6) is 0 Å². The van der Waals surface area contributed by atoms with Crippen molar-refractivity contribution in [2.45, 2.75) is 12.8 Å². The van der Waals surface area contributed by atoms with E-state index < -0.39 is 0 Å². The number of anilines is 1. The standard InChI is InChI=1S/C19H17N3O2S/c23-17(11-20-18(24)12-8-9-12)21-14-5-3-4-13(10-14)19-22-15-6-1-2-7-16(15)25-19/h1-7,10,12H,8-9,11H2,(H,20,24)(H,21,23). The largest absolute Gasteiger partial charge is 0.347 e. The number of para-hydroxylation sites is 1. The molecule has 1 aliphatic rings. The third kappa shape index (κ3) is 3.69. The number of nitrogens with zero attached hydrogens (tertiary/aromatic N) is 1. The minimum atomic E-state index is -0.226. The maximum Gasteiger partial charge on any atom is 0.243 e. The maximum atomic E-state index is 12.0. The van der Waals surface area contributed by atoms with E-state index in [2.05, 4.69) is 15.6 Å². The van der Waals surface area contributed by atoms with Crippen molar-refractivity contribution in [1.82, 2.24) is 10.3 Å². The SMILES string of the molecule is O=C(CNC(=O)C1CC1)Nc1cccc(-c2nc3ccccc3s2)c1. The van der Waals surface area contributed by atoms with Crippen molar-refractivity contribution in [2.75, 3.05) is 11.9 Å². The van der Waals surface area contributed by atoms with Gasteiger partial charge in [-0.05, 0) is 37.1 Å². The van der Waals surface area contributed by atoms with Gasteiger partial charge in [0.15, 0.2) is 0 Å². The monoisotopic (exact) mass is 351 g/mol. The van der Waals surface area contributed by atoms with Gasteiger partial charge in [0.25, 0.3) is 0 Å². The number of hydrogen-bond acceptors (Lipinski definition) is 4. The Morgan fingerprint density at radius 1 is 1.12 bits per heavy atom. The molecule has 0 atom stereocenters. The summed E-state index contributed by atoms with van der Waals surface area (Å²) in [7, 11) is 0. The normalized spacial score (nSPS) is 13.6. The number of carbonyl (C=O) groups excluding carboxylic acids is 2. The van der Waals surface area contributed by atoms with Gasteiger partial charge in [0.1, 0.15) is 5.01 Å². The fraction of sp³-hybridized carbons (Fsp3) is 0.211. The zero-order chi connectivity index (χ0) is 17.2. The molecule has 0 bridgehead atoms. The Balaban J connectivity index is 1.45. The molecule has 2 amide bonds. The molecule has 1 heterocycles. The molecular formula is C19H17N3O2S. The summed E-state index contributed by atoms with van der Waals surface area (Å²) in [5.41, 5.74) is 2.63. The molecule has 1 fully saturated rings. The lowest BCUT2D eigenvalue weighted by Crippen LogP contribution is -2.33. The first-order chi connectivity index (χ1) is 12.2. The Kier molecular flexibility index (Phi) is 4.19. The smallest absolute Gasteiger partial charge is 0.243 e. The fourth-order valence-corrected chi connectivity index (χ4v) is 3.55. The molecule has 0 aliphatic heterocycles. The van der Waals surface area contributed by atoms with E-state index >= 15 is 0 Å². The van der Waals surface area contributed by atoms with E-state index in [1.165, 1.54) is 0 Å². The van der Waals surface area contributed by atoms with Gasteiger partial charge in [-0.15, -0.1) is 11.3 Å². The van der Waals surface area contributed by atoms with Gasteiger partial charge in [0, 0.05) is 17.2 Å². The number of nitrogens with one attached hydrogen (secondary N) is 2. The first-order valence-electron chi connectivity index (χ1n) is 8.22. The average Bonchev–Trinajstić information content (AvgIpc) is 3.38. The van der Waals surface area contributed by atoms with Crippen LogP contribution >= 0.6 is 11.3 Å². The van der Waals surface area contributed by atoms with Crippen molar-refractivity contribution in [3.8, 4) is 10.6 Å². The van der Waals surface area contributed by atoms with Crippen LogP contribution in [0.3, 0.4) is 0 Å². The van der Waals surface area contributed by atoms with Crippen LogP contribution in [0.1, 0.15) is 12.8 Å². The molecule has 2 N–H and O–H groups in total. The van der Waals surface area contributed by atoms with Gasteiger partial charge in [-0.1, -0.05) is 24.3 Å². The number of thiazole rings is 1. The summed E-state index contributed by atoms with van der Waals surface area (Å²) in [6.45, 7) is 0.000693. The summed E-state index contributed by atoms with van der Waals surface area (Å²) < 4.78 is 1.13. The fourth-order valence-electron chi connectivity index (χ4n) is 2.59. The Morgan fingerprint density at radius 3 is 2.76 bits per heavy atom. The van der Waals surface area contributed by atoms with Crippen molar-refractivity contribution in [2.24, 2.45) is 5.92 Å². The Hall–Kier alpha value is -2.73. The van der Waals surface area contributed by atoms with Gasteiger partial charge >= 0.3 is 0 Å². The van der Waals surface area contributed by atoms with Crippen molar-refractivity contribution >= 4 is 39.1 Å². The number of fused-ring (bicyclic) bond motifs is 1. The van der Waals surface area contributed by atoms with E-state index in [9.17, 15) is 9.59 Å². The molecule has 0 unspecified atom stereocenters. The molecule has 126 valence electrons. The zero-order valence-electron chi connectivity index (χ0n) is 13.5. The lowest BCUT2D eigenvalue weighted by Gasteiger charge is -2.07. The van der Waals surface area contributed by atoms with Gasteiger partial charge in [-0.3, -0.25) is 9.59 Å². The van der Waals surface area contributed by atoms with E-state index in [0.717, 1.165) is 33.6 Å². The molecule has 1 aromatic heterocycles. The number of amides is 2. The number of benzene rings is 2. The minimum absolute atomic E-state index is 0.000693. The lowest BCUT2D eigenvalue weighted by atomic mass is 10.2. The first kappa shape index (κ1) is 15.8. The van der Waals surface area contributed by atoms with E-state index in [1.54, 1.807) is 11.3 Å². The first-order valence-corrected chi connectivity index (χ1v) is 9.04. The van der Waals surface area contributed by atoms with Crippen molar-refractivity contribution < 1.29 is 9.59 Å². The second-order valence-electron chi connectivity index (χ2n) is 6.11. The van der Waals surface area contributed by atoms with Crippen LogP contribution in [-0.4, -0.2) is 23.3 Å².